The van der Waals surface area contributed by atoms with Crippen LogP contribution in [0, 0.1) is 5.92 Å². The molecule has 1 N–H and O–H groups in total. The molecule has 2 aromatic heterocycles. The van der Waals surface area contributed by atoms with E-state index in [2.05, 4.69) is 15.9 Å². The summed E-state index contributed by atoms with van der Waals surface area (Å²) in [5.41, 5.74) is 2.02. The quantitative estimate of drug-likeness (QED) is 0.827. The van der Waals surface area contributed by atoms with Crippen LogP contribution in [0.15, 0.2) is 30.6 Å². The largest absolute Gasteiger partial charge is 0.383 e. The number of fused-ring (bicyclic) bond motifs is 1. The summed E-state index contributed by atoms with van der Waals surface area (Å²) < 4.78 is 13.1. The summed E-state index contributed by atoms with van der Waals surface area (Å²) in [5, 5.41) is 3.45. The summed E-state index contributed by atoms with van der Waals surface area (Å²) in [5.74, 6) is 0.473. The van der Waals surface area contributed by atoms with Crippen molar-refractivity contribution in [3.8, 4) is 0 Å². The number of methoxy groups -OCH3 is 1. The van der Waals surface area contributed by atoms with Crippen LogP contribution in [0.25, 0.3) is 5.65 Å². The third kappa shape index (κ3) is 3.43. The summed E-state index contributed by atoms with van der Waals surface area (Å²) in [6.07, 6.45) is 6.51. The van der Waals surface area contributed by atoms with Crippen LogP contribution in [-0.4, -0.2) is 42.8 Å². The predicted molar refractivity (Wildman–Crippen MR) is 81.4 cm³/mol. The van der Waals surface area contributed by atoms with Crippen molar-refractivity contribution in [1.29, 1.82) is 0 Å². The molecule has 0 amide bonds. The van der Waals surface area contributed by atoms with Crippen LogP contribution in [-0.2, 0) is 9.47 Å². The van der Waals surface area contributed by atoms with E-state index >= 15 is 0 Å². The van der Waals surface area contributed by atoms with Gasteiger partial charge in [0.25, 0.3) is 0 Å². The van der Waals surface area contributed by atoms with Crippen molar-refractivity contribution in [2.45, 2.75) is 18.9 Å². The highest BCUT2D eigenvalue weighted by atomic mass is 16.5. The molecule has 0 aliphatic carbocycles. The maximum absolute atomic E-state index is 6.02. The number of ether oxygens (including phenoxy) is 2. The molecule has 1 saturated heterocycles. The van der Waals surface area contributed by atoms with Gasteiger partial charge in [0, 0.05) is 45.1 Å². The summed E-state index contributed by atoms with van der Waals surface area (Å²) >= 11 is 0. The topological polar surface area (TPSA) is 47.8 Å². The van der Waals surface area contributed by atoms with Gasteiger partial charge in [0.05, 0.1) is 12.3 Å². The zero-order valence-electron chi connectivity index (χ0n) is 12.5. The molecule has 2 aromatic rings. The molecule has 5 heteroatoms. The molecule has 114 valence electrons. The Hall–Kier alpha value is -1.43. The Bertz CT molecular complexity index is 536. The minimum Gasteiger partial charge on any atom is -0.383 e. The van der Waals surface area contributed by atoms with Gasteiger partial charge in [0.2, 0.25) is 0 Å². The Balaban J connectivity index is 1.70. The Morgan fingerprint density at radius 2 is 2.43 bits per heavy atom. The average molecular weight is 289 g/mol. The van der Waals surface area contributed by atoms with Gasteiger partial charge in [0.15, 0.2) is 0 Å². The van der Waals surface area contributed by atoms with Crippen LogP contribution in [0.2, 0.25) is 0 Å². The van der Waals surface area contributed by atoms with Crippen molar-refractivity contribution in [2.75, 3.05) is 33.4 Å². The fraction of sp³-hybridized carbons (Fsp3) is 0.562. The fourth-order valence-corrected chi connectivity index (χ4v) is 2.93. The number of hydrogen-bond donors (Lipinski definition) is 1. The second kappa shape index (κ2) is 7.02. The van der Waals surface area contributed by atoms with Crippen LogP contribution in [0.4, 0.5) is 0 Å². The SMILES string of the molecule is COCCNCC1CCCOC1c1cn2ccccc2n1. The number of nitrogens with zero attached hydrogens (tertiary/aromatic N) is 2. The first kappa shape index (κ1) is 14.5. The fourth-order valence-electron chi connectivity index (χ4n) is 2.93. The van der Waals surface area contributed by atoms with Gasteiger partial charge in [-0.15, -0.1) is 0 Å². The number of aromatic nitrogens is 2. The average Bonchev–Trinajstić information content (AvgIpc) is 2.96. The smallest absolute Gasteiger partial charge is 0.137 e. The Labute approximate surface area is 125 Å². The molecule has 0 saturated carbocycles. The third-order valence-electron chi connectivity index (χ3n) is 4.01. The van der Waals surface area contributed by atoms with Crippen LogP contribution >= 0.6 is 0 Å². The van der Waals surface area contributed by atoms with Crippen molar-refractivity contribution in [3.05, 3.63) is 36.3 Å². The first-order chi connectivity index (χ1) is 10.4. The lowest BCUT2D eigenvalue weighted by atomic mass is 9.92. The first-order valence-electron chi connectivity index (χ1n) is 7.63. The van der Waals surface area contributed by atoms with Gasteiger partial charge in [0.1, 0.15) is 11.8 Å². The second-order valence-electron chi connectivity index (χ2n) is 5.52. The number of imidazole rings is 1. The number of hydrogen-bond acceptors (Lipinski definition) is 4. The van der Waals surface area contributed by atoms with Crippen molar-refractivity contribution in [1.82, 2.24) is 14.7 Å². The highest BCUT2D eigenvalue weighted by Crippen LogP contribution is 2.32. The second-order valence-corrected chi connectivity index (χ2v) is 5.52. The molecule has 3 rings (SSSR count). The molecule has 0 bridgehead atoms. The van der Waals surface area contributed by atoms with Gasteiger partial charge >= 0.3 is 0 Å². The lowest BCUT2D eigenvalue weighted by Gasteiger charge is -2.30. The molecule has 21 heavy (non-hydrogen) atoms. The lowest BCUT2D eigenvalue weighted by molar-refractivity contribution is -0.0302. The van der Waals surface area contributed by atoms with E-state index in [1.165, 1.54) is 6.42 Å². The van der Waals surface area contributed by atoms with Crippen LogP contribution in [0.3, 0.4) is 0 Å². The highest BCUT2D eigenvalue weighted by Gasteiger charge is 2.29. The van der Waals surface area contributed by atoms with E-state index in [0.29, 0.717) is 5.92 Å². The Morgan fingerprint density at radius 3 is 3.29 bits per heavy atom. The normalized spacial score (nSPS) is 22.7. The van der Waals surface area contributed by atoms with Crippen LogP contribution in [0.5, 0.6) is 0 Å². The molecule has 3 heterocycles. The molecule has 1 fully saturated rings. The van der Waals surface area contributed by atoms with Crippen molar-refractivity contribution in [3.63, 3.8) is 0 Å². The van der Waals surface area contributed by atoms with Gasteiger partial charge < -0.3 is 19.2 Å². The number of pyridine rings is 1. The summed E-state index contributed by atoms with van der Waals surface area (Å²) in [6, 6.07) is 6.06. The zero-order valence-corrected chi connectivity index (χ0v) is 12.5. The van der Waals surface area contributed by atoms with E-state index < -0.39 is 0 Å². The standard InChI is InChI=1S/C16H23N3O2/c1-20-10-7-17-11-13-5-4-9-21-16(13)14-12-19-8-3-2-6-15(19)18-14/h2-3,6,8,12-13,16-17H,4-5,7,9-11H2,1H3. The lowest BCUT2D eigenvalue weighted by Crippen LogP contribution is -2.33. The van der Waals surface area contributed by atoms with Crippen molar-refractivity contribution >= 4 is 5.65 Å². The maximum atomic E-state index is 6.02. The van der Waals surface area contributed by atoms with Gasteiger partial charge in [-0.2, -0.15) is 0 Å². The van der Waals surface area contributed by atoms with Gasteiger partial charge in [-0.3, -0.25) is 0 Å². The van der Waals surface area contributed by atoms with Crippen molar-refractivity contribution in [2.24, 2.45) is 5.92 Å². The third-order valence-corrected chi connectivity index (χ3v) is 4.01. The molecule has 2 atom stereocenters. The molecule has 5 nitrogen and oxygen atoms in total. The first-order valence-corrected chi connectivity index (χ1v) is 7.63. The summed E-state index contributed by atoms with van der Waals surface area (Å²) in [4.78, 5) is 4.72. The van der Waals surface area contributed by atoms with Crippen LogP contribution in [0.1, 0.15) is 24.6 Å². The molecule has 1 aliphatic heterocycles. The molecular formula is C16H23N3O2. The van der Waals surface area contributed by atoms with E-state index in [-0.39, 0.29) is 6.10 Å². The van der Waals surface area contributed by atoms with Crippen LogP contribution < -0.4 is 5.32 Å². The van der Waals surface area contributed by atoms with E-state index in [1.54, 1.807) is 7.11 Å². The summed E-state index contributed by atoms with van der Waals surface area (Å²) in [7, 11) is 1.73. The zero-order chi connectivity index (χ0) is 14.5. The van der Waals surface area contributed by atoms with E-state index in [0.717, 1.165) is 44.1 Å². The minimum absolute atomic E-state index is 0.0914. The highest BCUT2D eigenvalue weighted by molar-refractivity contribution is 5.39. The maximum Gasteiger partial charge on any atom is 0.137 e. The molecule has 0 radical (unpaired) electrons. The minimum atomic E-state index is 0.0914. The molecule has 1 aliphatic rings. The van der Waals surface area contributed by atoms with Gasteiger partial charge in [-0.05, 0) is 25.0 Å². The molecule has 0 spiro atoms. The monoisotopic (exact) mass is 289 g/mol. The van der Waals surface area contributed by atoms with Gasteiger partial charge in [-0.1, -0.05) is 6.07 Å². The number of nitrogens with one attached hydrogen (secondary N) is 1. The Morgan fingerprint density at radius 1 is 1.48 bits per heavy atom. The molecule has 2 unspecified atom stereocenters. The molecule has 0 aromatic carbocycles. The predicted octanol–water partition coefficient (Wildman–Crippen LogP) is 2.04. The van der Waals surface area contributed by atoms with Gasteiger partial charge in [-0.25, -0.2) is 4.98 Å². The van der Waals surface area contributed by atoms with E-state index in [9.17, 15) is 0 Å². The Kier molecular flexibility index (Phi) is 4.85. The number of rotatable bonds is 6. The van der Waals surface area contributed by atoms with E-state index in [4.69, 9.17) is 14.5 Å². The van der Waals surface area contributed by atoms with Crippen molar-refractivity contribution < 1.29 is 9.47 Å². The van der Waals surface area contributed by atoms with E-state index in [1.807, 2.05) is 24.4 Å². The summed E-state index contributed by atoms with van der Waals surface area (Å²) in [6.45, 7) is 3.40. The molecular weight excluding hydrogens is 266 g/mol.